The second-order valence-corrected chi connectivity index (χ2v) is 5.61. The number of anilines is 1. The van der Waals surface area contributed by atoms with Gasteiger partial charge >= 0.3 is 0 Å². The van der Waals surface area contributed by atoms with E-state index >= 15 is 0 Å². The highest BCUT2D eigenvalue weighted by atomic mass is 15.1. The summed E-state index contributed by atoms with van der Waals surface area (Å²) in [5, 5.41) is 0. The fourth-order valence-electron chi connectivity index (χ4n) is 2.36. The lowest BCUT2D eigenvalue weighted by Crippen LogP contribution is -2.13. The van der Waals surface area contributed by atoms with Gasteiger partial charge in [-0.2, -0.15) is 0 Å². The van der Waals surface area contributed by atoms with Crippen LogP contribution < -0.4 is 4.90 Å². The average molecular weight is 256 g/mol. The predicted octanol–water partition coefficient (Wildman–Crippen LogP) is 3.46. The summed E-state index contributed by atoms with van der Waals surface area (Å²) in [4.78, 5) is 4.34. The number of benzene rings is 1. The third kappa shape index (κ3) is 3.63. The van der Waals surface area contributed by atoms with E-state index in [1.165, 1.54) is 28.9 Å². The average Bonchev–Trinajstić information content (AvgIpc) is 2.40. The zero-order chi connectivity index (χ0) is 13.8. The van der Waals surface area contributed by atoms with Gasteiger partial charge in [-0.05, 0) is 43.0 Å². The van der Waals surface area contributed by atoms with E-state index in [-0.39, 0.29) is 0 Å². The van der Waals surface area contributed by atoms with Crippen LogP contribution in [0.1, 0.15) is 18.4 Å². The second kappa shape index (κ2) is 5.96. The summed E-state index contributed by atoms with van der Waals surface area (Å²) in [6.45, 7) is 0. The minimum Gasteiger partial charge on any atom is -0.381 e. The molecule has 0 N–H and O–H groups in total. The molecule has 0 unspecified atom stereocenters. The van der Waals surface area contributed by atoms with Gasteiger partial charge in [-0.1, -0.05) is 23.8 Å². The third-order valence-corrected chi connectivity index (χ3v) is 3.67. The van der Waals surface area contributed by atoms with Gasteiger partial charge in [0.25, 0.3) is 0 Å². The maximum absolute atomic E-state index is 2.29. The number of nitrogens with zero attached hydrogens (tertiary/aromatic N) is 2. The van der Waals surface area contributed by atoms with Crippen molar-refractivity contribution in [1.82, 2.24) is 4.90 Å². The molecule has 0 aromatic heterocycles. The van der Waals surface area contributed by atoms with E-state index in [1.807, 2.05) is 0 Å². The van der Waals surface area contributed by atoms with Crippen LogP contribution in [0.5, 0.6) is 0 Å². The molecule has 0 spiro atoms. The molecule has 0 amide bonds. The molecule has 0 radical (unpaired) electrons. The highest BCUT2D eigenvalue weighted by Crippen LogP contribution is 2.23. The SMILES string of the molecule is CN(C)C1=CC=C(Cc2ccc(N(C)C)cc2)CC1. The molecule has 1 aromatic carbocycles. The Kier molecular flexibility index (Phi) is 4.31. The van der Waals surface area contributed by atoms with Crippen molar-refractivity contribution in [2.45, 2.75) is 19.3 Å². The van der Waals surface area contributed by atoms with E-state index in [4.69, 9.17) is 0 Å². The molecular formula is C17H24N2. The highest BCUT2D eigenvalue weighted by molar-refractivity contribution is 5.46. The summed E-state index contributed by atoms with van der Waals surface area (Å²) in [7, 11) is 8.38. The summed E-state index contributed by atoms with van der Waals surface area (Å²) in [6.07, 6.45) is 7.96. The normalized spacial score (nSPS) is 14.7. The Labute approximate surface area is 117 Å². The van der Waals surface area contributed by atoms with Gasteiger partial charge in [0.2, 0.25) is 0 Å². The Morgan fingerprint density at radius 2 is 1.53 bits per heavy atom. The van der Waals surface area contributed by atoms with Crippen molar-refractivity contribution < 1.29 is 0 Å². The quantitative estimate of drug-likeness (QED) is 0.814. The molecule has 1 aliphatic rings. The third-order valence-electron chi connectivity index (χ3n) is 3.67. The highest BCUT2D eigenvalue weighted by Gasteiger charge is 2.08. The van der Waals surface area contributed by atoms with Gasteiger partial charge in [-0.15, -0.1) is 0 Å². The van der Waals surface area contributed by atoms with Crippen molar-refractivity contribution >= 4 is 5.69 Å². The molecule has 1 aliphatic carbocycles. The summed E-state index contributed by atoms with van der Waals surface area (Å²) >= 11 is 0. The van der Waals surface area contributed by atoms with Crippen LogP contribution in [0.25, 0.3) is 0 Å². The van der Waals surface area contributed by atoms with Gasteiger partial charge in [0, 0.05) is 39.6 Å². The van der Waals surface area contributed by atoms with Crippen LogP contribution in [-0.4, -0.2) is 33.1 Å². The zero-order valence-corrected chi connectivity index (χ0v) is 12.5. The lowest BCUT2D eigenvalue weighted by Gasteiger charge is -2.21. The van der Waals surface area contributed by atoms with E-state index < -0.39 is 0 Å². The summed E-state index contributed by atoms with van der Waals surface area (Å²) < 4.78 is 0. The van der Waals surface area contributed by atoms with Gasteiger partial charge in [0.15, 0.2) is 0 Å². The van der Waals surface area contributed by atoms with Crippen molar-refractivity contribution in [3.8, 4) is 0 Å². The Balaban J connectivity index is 2.02. The minimum absolute atomic E-state index is 1.07. The van der Waals surface area contributed by atoms with Crippen molar-refractivity contribution in [2.75, 3.05) is 33.1 Å². The van der Waals surface area contributed by atoms with E-state index in [1.54, 1.807) is 0 Å². The van der Waals surface area contributed by atoms with E-state index in [2.05, 4.69) is 74.4 Å². The molecule has 19 heavy (non-hydrogen) atoms. The van der Waals surface area contributed by atoms with Crippen LogP contribution in [0.15, 0.2) is 47.7 Å². The summed E-state index contributed by atoms with van der Waals surface area (Å²) in [6, 6.07) is 8.86. The molecule has 0 aliphatic heterocycles. The van der Waals surface area contributed by atoms with Crippen molar-refractivity contribution in [2.24, 2.45) is 0 Å². The number of hydrogen-bond donors (Lipinski definition) is 0. The molecule has 1 aromatic rings. The van der Waals surface area contributed by atoms with E-state index in [0.29, 0.717) is 0 Å². The standard InChI is InChI=1S/C17H24N2/c1-18(2)16-9-5-14(6-10-16)13-15-7-11-17(12-8-15)19(3)4/h5-7,9-11H,8,12-13H2,1-4H3. The topological polar surface area (TPSA) is 6.48 Å². The molecule has 0 fully saturated rings. The first kappa shape index (κ1) is 13.7. The van der Waals surface area contributed by atoms with Crippen LogP contribution in [0.2, 0.25) is 0 Å². The number of allylic oxidation sites excluding steroid dienone is 4. The largest absolute Gasteiger partial charge is 0.381 e. The predicted molar refractivity (Wildman–Crippen MR) is 83.6 cm³/mol. The molecule has 102 valence electrons. The molecule has 0 heterocycles. The molecule has 0 bridgehead atoms. The Bertz CT molecular complexity index is 478. The molecule has 0 atom stereocenters. The minimum atomic E-state index is 1.07. The Hall–Kier alpha value is -1.70. The van der Waals surface area contributed by atoms with E-state index in [9.17, 15) is 0 Å². The van der Waals surface area contributed by atoms with Crippen molar-refractivity contribution in [1.29, 1.82) is 0 Å². The maximum atomic E-state index is 2.29. The Morgan fingerprint density at radius 3 is 2.00 bits per heavy atom. The van der Waals surface area contributed by atoms with Crippen LogP contribution >= 0.6 is 0 Å². The summed E-state index contributed by atoms with van der Waals surface area (Å²) in [5.41, 5.74) is 5.62. The van der Waals surface area contributed by atoms with Gasteiger partial charge in [0.1, 0.15) is 0 Å². The fourth-order valence-corrected chi connectivity index (χ4v) is 2.36. The molecule has 2 heteroatoms. The van der Waals surface area contributed by atoms with Crippen LogP contribution in [0, 0.1) is 0 Å². The first-order valence-corrected chi connectivity index (χ1v) is 6.88. The number of rotatable bonds is 4. The van der Waals surface area contributed by atoms with Gasteiger partial charge in [-0.25, -0.2) is 0 Å². The van der Waals surface area contributed by atoms with Gasteiger partial charge < -0.3 is 9.80 Å². The number of hydrogen-bond acceptors (Lipinski definition) is 2. The Morgan fingerprint density at radius 1 is 0.842 bits per heavy atom. The first-order valence-electron chi connectivity index (χ1n) is 6.88. The molecule has 2 rings (SSSR count). The lowest BCUT2D eigenvalue weighted by atomic mass is 9.96. The van der Waals surface area contributed by atoms with Crippen LogP contribution in [0.4, 0.5) is 5.69 Å². The van der Waals surface area contributed by atoms with Gasteiger partial charge in [-0.3, -0.25) is 0 Å². The zero-order valence-electron chi connectivity index (χ0n) is 12.5. The van der Waals surface area contributed by atoms with Crippen LogP contribution in [0.3, 0.4) is 0 Å². The molecule has 0 saturated heterocycles. The van der Waals surface area contributed by atoms with Crippen LogP contribution in [-0.2, 0) is 6.42 Å². The molecular weight excluding hydrogens is 232 g/mol. The maximum Gasteiger partial charge on any atom is 0.0361 e. The smallest absolute Gasteiger partial charge is 0.0361 e. The van der Waals surface area contributed by atoms with Gasteiger partial charge in [0.05, 0.1) is 0 Å². The van der Waals surface area contributed by atoms with Crippen molar-refractivity contribution in [3.63, 3.8) is 0 Å². The van der Waals surface area contributed by atoms with E-state index in [0.717, 1.165) is 12.8 Å². The fraction of sp³-hybridized carbons (Fsp3) is 0.412. The molecule has 0 saturated carbocycles. The summed E-state index contributed by atoms with van der Waals surface area (Å²) in [5.74, 6) is 0. The first-order chi connectivity index (χ1) is 9.06. The lowest BCUT2D eigenvalue weighted by molar-refractivity contribution is 0.482. The second-order valence-electron chi connectivity index (χ2n) is 5.61. The molecule has 2 nitrogen and oxygen atoms in total. The van der Waals surface area contributed by atoms with Crippen molar-refractivity contribution in [3.05, 3.63) is 53.3 Å². The monoisotopic (exact) mass is 256 g/mol.